The molecule has 1 N–H and O–H groups in total. The van der Waals surface area contributed by atoms with Gasteiger partial charge in [-0.3, -0.25) is 14.5 Å². The SMILES string of the molecule is CC1(C)CC(=O)C2=C(C1)N(c1ccc(F)cc1)C(=O)[C@@]2(NS(=O)(=O)c1ccc(Cl)cc1)C(F)(F)F. The molecule has 0 aromatic heterocycles. The summed E-state index contributed by atoms with van der Waals surface area (Å²) < 4.78 is 85.7. The lowest BCUT2D eigenvalue weighted by atomic mass is 9.72. The van der Waals surface area contributed by atoms with Crippen molar-refractivity contribution in [2.24, 2.45) is 5.41 Å². The second-order valence-corrected chi connectivity index (χ2v) is 11.3. The number of nitrogens with one attached hydrogen (secondary N) is 1. The Balaban J connectivity index is 1.98. The second kappa shape index (κ2) is 8.14. The fourth-order valence-corrected chi connectivity index (χ4v) is 5.90. The number of hydrogen-bond acceptors (Lipinski definition) is 4. The van der Waals surface area contributed by atoms with Gasteiger partial charge in [-0.25, -0.2) is 12.8 Å². The maximum Gasteiger partial charge on any atom is 0.421 e. The van der Waals surface area contributed by atoms with E-state index < -0.39 is 55.1 Å². The van der Waals surface area contributed by atoms with Crippen LogP contribution in [0.5, 0.6) is 0 Å². The first-order chi connectivity index (χ1) is 16.1. The van der Waals surface area contributed by atoms with Gasteiger partial charge in [-0.15, -0.1) is 0 Å². The van der Waals surface area contributed by atoms with Crippen molar-refractivity contribution in [1.82, 2.24) is 4.72 Å². The van der Waals surface area contributed by atoms with Gasteiger partial charge in [0.1, 0.15) is 5.82 Å². The lowest BCUT2D eigenvalue weighted by Gasteiger charge is -2.35. The molecular weight excluding hydrogens is 512 g/mol. The molecule has 0 saturated carbocycles. The van der Waals surface area contributed by atoms with E-state index in [0.29, 0.717) is 4.90 Å². The highest BCUT2D eigenvalue weighted by Gasteiger charge is 2.72. The number of allylic oxidation sites excluding steroid dienone is 1. The fraction of sp³-hybridized carbons (Fsp3) is 0.304. The van der Waals surface area contributed by atoms with Gasteiger partial charge < -0.3 is 0 Å². The molecule has 1 amide bonds. The number of hydrogen-bond donors (Lipinski definition) is 1. The van der Waals surface area contributed by atoms with E-state index in [1.54, 1.807) is 13.8 Å². The van der Waals surface area contributed by atoms with E-state index in [9.17, 15) is 35.6 Å². The maximum atomic E-state index is 14.8. The number of amides is 1. The van der Waals surface area contributed by atoms with Crippen LogP contribution >= 0.6 is 11.6 Å². The number of carbonyl (C=O) groups is 2. The van der Waals surface area contributed by atoms with Crippen LogP contribution in [0.1, 0.15) is 26.7 Å². The summed E-state index contributed by atoms with van der Waals surface area (Å²) in [5.74, 6) is -3.42. The van der Waals surface area contributed by atoms with E-state index in [1.165, 1.54) is 4.72 Å². The zero-order chi connectivity index (χ0) is 26.0. The first kappa shape index (κ1) is 25.3. The number of benzene rings is 2. The normalized spacial score (nSPS) is 22.5. The van der Waals surface area contributed by atoms with Gasteiger partial charge in [-0.2, -0.15) is 17.9 Å². The van der Waals surface area contributed by atoms with Crippen molar-refractivity contribution in [2.45, 2.75) is 43.3 Å². The lowest BCUT2D eigenvalue weighted by Crippen LogP contribution is -2.66. The van der Waals surface area contributed by atoms with Crippen LogP contribution in [0.2, 0.25) is 5.02 Å². The summed E-state index contributed by atoms with van der Waals surface area (Å²) in [4.78, 5) is 26.8. The monoisotopic (exact) mass is 530 g/mol. The highest BCUT2D eigenvalue weighted by molar-refractivity contribution is 7.89. The third-order valence-corrected chi connectivity index (χ3v) is 7.66. The molecule has 0 unspecified atom stereocenters. The standard InChI is InChI=1S/C23H19ClF4N2O4S/c1-21(2)11-17-19(18(31)12-21)22(23(26,27)28,20(32)30(17)15-7-5-14(25)6-8-15)29-35(33,34)16-9-3-13(24)4-10-16/h3-10,29H,11-12H2,1-2H3/t22-/m1/s1. The van der Waals surface area contributed by atoms with Crippen LogP contribution in [0, 0.1) is 11.2 Å². The topological polar surface area (TPSA) is 83.6 Å². The van der Waals surface area contributed by atoms with Gasteiger partial charge >= 0.3 is 6.18 Å². The molecule has 35 heavy (non-hydrogen) atoms. The van der Waals surface area contributed by atoms with Crippen LogP contribution in [0.25, 0.3) is 0 Å². The molecule has 0 spiro atoms. The van der Waals surface area contributed by atoms with E-state index in [1.807, 2.05) is 0 Å². The number of rotatable bonds is 4. The predicted molar refractivity (Wildman–Crippen MR) is 119 cm³/mol. The minimum Gasteiger partial charge on any atom is -0.294 e. The van der Waals surface area contributed by atoms with Gasteiger partial charge in [0, 0.05) is 22.8 Å². The fourth-order valence-electron chi connectivity index (χ4n) is 4.45. The lowest BCUT2D eigenvalue weighted by molar-refractivity contribution is -0.184. The van der Waals surface area contributed by atoms with E-state index >= 15 is 0 Å². The van der Waals surface area contributed by atoms with Crippen molar-refractivity contribution in [1.29, 1.82) is 0 Å². The van der Waals surface area contributed by atoms with Crippen molar-refractivity contribution >= 4 is 39.0 Å². The predicted octanol–water partition coefficient (Wildman–Crippen LogP) is 4.75. The molecule has 12 heteroatoms. The first-order valence-electron chi connectivity index (χ1n) is 10.3. The largest absolute Gasteiger partial charge is 0.421 e. The number of halogens is 5. The third-order valence-electron chi connectivity index (χ3n) is 5.94. The van der Waals surface area contributed by atoms with Crippen LogP contribution < -0.4 is 9.62 Å². The number of carbonyl (C=O) groups excluding carboxylic acids is 2. The summed E-state index contributed by atoms with van der Waals surface area (Å²) in [6, 6.07) is 8.36. The Morgan fingerprint density at radius 1 is 0.971 bits per heavy atom. The minimum absolute atomic E-state index is 0.127. The van der Waals surface area contributed by atoms with Crippen LogP contribution in [-0.4, -0.2) is 31.8 Å². The van der Waals surface area contributed by atoms with Gasteiger partial charge in [0.2, 0.25) is 15.6 Å². The Morgan fingerprint density at radius 3 is 2.09 bits per heavy atom. The highest BCUT2D eigenvalue weighted by Crippen LogP contribution is 2.53. The van der Waals surface area contributed by atoms with Crippen molar-refractivity contribution in [2.75, 3.05) is 4.90 Å². The molecule has 0 fully saturated rings. The molecule has 2 aliphatic rings. The molecule has 1 heterocycles. The van der Waals surface area contributed by atoms with E-state index in [2.05, 4.69) is 0 Å². The van der Waals surface area contributed by atoms with Crippen molar-refractivity contribution in [3.63, 3.8) is 0 Å². The molecule has 6 nitrogen and oxygen atoms in total. The van der Waals surface area contributed by atoms with Gasteiger partial charge in [0.15, 0.2) is 5.78 Å². The number of anilines is 1. The van der Waals surface area contributed by atoms with Crippen LogP contribution in [-0.2, 0) is 19.6 Å². The molecule has 1 atom stereocenters. The molecule has 0 radical (unpaired) electrons. The number of nitrogens with zero attached hydrogens (tertiary/aromatic N) is 1. The Hall–Kier alpha value is -2.76. The minimum atomic E-state index is -5.53. The molecule has 1 aliphatic heterocycles. The van der Waals surface area contributed by atoms with Crippen LogP contribution in [0.4, 0.5) is 23.2 Å². The van der Waals surface area contributed by atoms with Gasteiger partial charge in [-0.1, -0.05) is 25.4 Å². The van der Waals surface area contributed by atoms with Gasteiger partial charge in [0.05, 0.1) is 10.5 Å². The van der Waals surface area contributed by atoms with E-state index in [4.69, 9.17) is 11.6 Å². The average molecular weight is 531 g/mol. The van der Waals surface area contributed by atoms with E-state index in [0.717, 1.165) is 48.5 Å². The zero-order valence-corrected chi connectivity index (χ0v) is 20.0. The summed E-state index contributed by atoms with van der Waals surface area (Å²) in [6.07, 6.45) is -6.00. The van der Waals surface area contributed by atoms with Gasteiger partial charge in [-0.05, 0) is 60.4 Å². The average Bonchev–Trinajstić information content (AvgIpc) is 2.96. The van der Waals surface area contributed by atoms with Crippen molar-refractivity contribution in [3.8, 4) is 0 Å². The Labute approximate surface area is 203 Å². The quantitative estimate of drug-likeness (QED) is 0.578. The summed E-state index contributed by atoms with van der Waals surface area (Å²) in [6.45, 7) is 3.29. The third kappa shape index (κ3) is 4.15. The summed E-state index contributed by atoms with van der Waals surface area (Å²) in [7, 11) is -4.97. The molecule has 2 aromatic rings. The second-order valence-electron chi connectivity index (χ2n) is 9.19. The number of Topliss-reactive ketones (excluding diaryl/α,β-unsaturated/α-hetero) is 1. The maximum absolute atomic E-state index is 14.8. The van der Waals surface area contributed by atoms with E-state index in [-0.39, 0.29) is 29.2 Å². The number of sulfonamides is 1. The summed E-state index contributed by atoms with van der Waals surface area (Å²) >= 11 is 5.76. The Morgan fingerprint density at radius 2 is 1.54 bits per heavy atom. The van der Waals surface area contributed by atoms with Gasteiger partial charge in [0.25, 0.3) is 5.91 Å². The van der Waals surface area contributed by atoms with Crippen LogP contribution in [0.3, 0.4) is 0 Å². The summed E-state index contributed by atoms with van der Waals surface area (Å²) in [5.41, 5.74) is -6.07. The molecule has 4 rings (SSSR count). The van der Waals surface area contributed by atoms with Crippen LogP contribution in [0.15, 0.2) is 64.7 Å². The molecule has 1 aliphatic carbocycles. The molecule has 0 bridgehead atoms. The molecule has 186 valence electrons. The molecular formula is C23H19ClF4N2O4S. The zero-order valence-electron chi connectivity index (χ0n) is 18.4. The highest BCUT2D eigenvalue weighted by atomic mass is 35.5. The summed E-state index contributed by atoms with van der Waals surface area (Å²) in [5, 5.41) is 0.142. The smallest absolute Gasteiger partial charge is 0.294 e. The first-order valence-corrected chi connectivity index (χ1v) is 12.2. The molecule has 0 saturated heterocycles. The number of alkyl halides is 3. The Kier molecular flexibility index (Phi) is 5.89. The Bertz CT molecular complexity index is 1350. The van der Waals surface area contributed by atoms with Crippen molar-refractivity contribution < 1.29 is 35.6 Å². The molecule has 2 aromatic carbocycles. The van der Waals surface area contributed by atoms with Crippen molar-refractivity contribution in [3.05, 3.63) is 70.6 Å². The number of ketones is 1.